The Morgan fingerprint density at radius 3 is 2.52 bits per heavy atom. The van der Waals surface area contributed by atoms with Gasteiger partial charge in [0.15, 0.2) is 0 Å². The lowest BCUT2D eigenvalue weighted by atomic mass is 10.0. The van der Waals surface area contributed by atoms with Crippen LogP contribution in [0.2, 0.25) is 0 Å². The van der Waals surface area contributed by atoms with Crippen molar-refractivity contribution >= 4 is 27.9 Å². The molecule has 2 aromatic carbocycles. The maximum atomic E-state index is 12.6. The molecule has 5 aromatic rings. The maximum absolute atomic E-state index is 12.6. The number of carbonyl (C=O) groups is 1. The van der Waals surface area contributed by atoms with Crippen LogP contribution in [0.3, 0.4) is 0 Å². The summed E-state index contributed by atoms with van der Waals surface area (Å²) in [5.74, 6) is -0.230. The molecule has 0 aliphatic carbocycles. The minimum absolute atomic E-state index is 0.221. The largest absolute Gasteiger partial charge is 0.322 e. The van der Waals surface area contributed by atoms with Crippen molar-refractivity contribution < 1.29 is 4.79 Å². The molecule has 1 amide bonds. The summed E-state index contributed by atoms with van der Waals surface area (Å²) in [6, 6.07) is 20.2. The number of amides is 1. The number of hydrogen-bond donors (Lipinski definition) is 2. The van der Waals surface area contributed by atoms with Crippen LogP contribution in [0.4, 0.5) is 5.69 Å². The van der Waals surface area contributed by atoms with Gasteiger partial charge in [0.2, 0.25) is 0 Å². The van der Waals surface area contributed by atoms with E-state index in [9.17, 15) is 9.59 Å². The molecule has 3 heterocycles. The van der Waals surface area contributed by atoms with E-state index in [0.29, 0.717) is 22.3 Å². The molecular weight excluding hydrogens is 366 g/mol. The lowest BCUT2D eigenvalue weighted by Gasteiger charge is -2.07. The van der Waals surface area contributed by atoms with Crippen LogP contribution in [-0.4, -0.2) is 25.7 Å². The highest BCUT2D eigenvalue weighted by Gasteiger charge is 2.13. The second kappa shape index (κ2) is 6.72. The van der Waals surface area contributed by atoms with Crippen molar-refractivity contribution in [2.45, 2.75) is 0 Å². The Morgan fingerprint density at radius 2 is 1.69 bits per heavy atom. The Kier molecular flexibility index (Phi) is 3.91. The van der Waals surface area contributed by atoms with Crippen LogP contribution in [0.15, 0.2) is 83.9 Å². The smallest absolute Gasteiger partial charge is 0.272 e. The van der Waals surface area contributed by atoms with E-state index in [2.05, 4.69) is 20.6 Å². The Labute approximate surface area is 164 Å². The fraction of sp³-hybridized carbons (Fsp3) is 0. The molecule has 29 heavy (non-hydrogen) atoms. The molecule has 7 heteroatoms. The summed E-state index contributed by atoms with van der Waals surface area (Å²) in [7, 11) is 0. The van der Waals surface area contributed by atoms with Gasteiger partial charge in [-0.05, 0) is 30.3 Å². The van der Waals surface area contributed by atoms with E-state index < -0.39 is 0 Å². The average Bonchev–Trinajstić information content (AvgIpc) is 3.19. The topological polar surface area (TPSA) is 92.1 Å². The second-order valence-electron chi connectivity index (χ2n) is 6.57. The zero-order valence-electron chi connectivity index (χ0n) is 15.2. The molecule has 0 spiro atoms. The van der Waals surface area contributed by atoms with Crippen molar-refractivity contribution in [2.75, 3.05) is 5.32 Å². The first-order valence-corrected chi connectivity index (χ1v) is 9.02. The van der Waals surface area contributed by atoms with Gasteiger partial charge in [0.05, 0.1) is 28.4 Å². The van der Waals surface area contributed by atoms with E-state index in [-0.39, 0.29) is 11.5 Å². The molecular formula is C22H15N5O2. The van der Waals surface area contributed by atoms with Crippen LogP contribution in [-0.2, 0) is 0 Å². The fourth-order valence-corrected chi connectivity index (χ4v) is 3.35. The number of pyridine rings is 1. The number of fused-ring (bicyclic) bond motifs is 2. The van der Waals surface area contributed by atoms with Gasteiger partial charge in [-0.25, -0.2) is 9.61 Å². The van der Waals surface area contributed by atoms with Gasteiger partial charge < -0.3 is 5.32 Å². The highest BCUT2D eigenvalue weighted by molar-refractivity contribution is 6.08. The van der Waals surface area contributed by atoms with E-state index in [1.807, 2.05) is 48.5 Å². The molecule has 0 bridgehead atoms. The molecule has 0 radical (unpaired) electrons. The Bertz CT molecular complexity index is 1420. The van der Waals surface area contributed by atoms with Crippen molar-refractivity contribution in [1.29, 1.82) is 0 Å². The molecule has 0 atom stereocenters. The Hall–Kier alpha value is -4.26. The first-order chi connectivity index (χ1) is 14.2. The van der Waals surface area contributed by atoms with Crippen LogP contribution in [0.1, 0.15) is 10.4 Å². The maximum Gasteiger partial charge on any atom is 0.272 e. The van der Waals surface area contributed by atoms with E-state index in [0.717, 1.165) is 16.5 Å². The number of nitrogens with one attached hydrogen (secondary N) is 2. The van der Waals surface area contributed by atoms with Crippen LogP contribution >= 0.6 is 0 Å². The quantitative estimate of drug-likeness (QED) is 0.500. The number of carbonyl (C=O) groups excluding carboxylic acids is 1. The van der Waals surface area contributed by atoms with E-state index in [4.69, 9.17) is 0 Å². The van der Waals surface area contributed by atoms with Gasteiger partial charge in [0.25, 0.3) is 11.5 Å². The summed E-state index contributed by atoms with van der Waals surface area (Å²) < 4.78 is 1.66. The van der Waals surface area contributed by atoms with Gasteiger partial charge in [-0.15, -0.1) is 0 Å². The molecule has 7 nitrogen and oxygen atoms in total. The van der Waals surface area contributed by atoms with Crippen molar-refractivity contribution in [1.82, 2.24) is 19.8 Å². The first kappa shape index (κ1) is 16.9. The molecule has 0 fully saturated rings. The van der Waals surface area contributed by atoms with Gasteiger partial charge in [-0.3, -0.25) is 9.59 Å². The predicted octanol–water partition coefficient (Wildman–Crippen LogP) is 3.49. The standard InChI is InChI=1S/C22H15N5O2/c28-21(18-13-23-27-12-4-3-7-19(18)27)24-15-10-8-14(9-11-15)20-16-5-1-2-6-17(16)22(29)26-25-20/h1-13H,(H,24,28)(H,26,29). The molecule has 0 saturated carbocycles. The van der Waals surface area contributed by atoms with Gasteiger partial charge in [0.1, 0.15) is 0 Å². The molecule has 0 saturated heterocycles. The van der Waals surface area contributed by atoms with Gasteiger partial charge >= 0.3 is 0 Å². The van der Waals surface area contributed by atoms with Gasteiger partial charge in [0, 0.05) is 22.8 Å². The number of aromatic amines is 1. The van der Waals surface area contributed by atoms with E-state index in [1.165, 1.54) is 0 Å². The summed E-state index contributed by atoms with van der Waals surface area (Å²) in [5.41, 5.74) is 3.20. The van der Waals surface area contributed by atoms with Crippen LogP contribution < -0.4 is 10.9 Å². The average molecular weight is 381 g/mol. The SMILES string of the molecule is O=C(Nc1ccc(-c2n[nH]c(=O)c3ccccc23)cc1)c1cnn2ccccc12. The lowest BCUT2D eigenvalue weighted by Crippen LogP contribution is -2.11. The van der Waals surface area contributed by atoms with Crippen molar-refractivity contribution in [2.24, 2.45) is 0 Å². The second-order valence-corrected chi connectivity index (χ2v) is 6.57. The lowest BCUT2D eigenvalue weighted by molar-refractivity contribution is 0.102. The molecule has 2 N–H and O–H groups in total. The third-order valence-corrected chi connectivity index (χ3v) is 4.78. The van der Waals surface area contributed by atoms with Crippen molar-refractivity contribution in [3.05, 3.63) is 95.0 Å². The molecule has 0 aliphatic heterocycles. The molecule has 0 aliphatic rings. The van der Waals surface area contributed by atoms with E-state index >= 15 is 0 Å². The third-order valence-electron chi connectivity index (χ3n) is 4.78. The predicted molar refractivity (Wildman–Crippen MR) is 111 cm³/mol. The number of H-pyrrole nitrogens is 1. The number of anilines is 1. The van der Waals surface area contributed by atoms with Crippen LogP contribution in [0, 0.1) is 0 Å². The zero-order valence-corrected chi connectivity index (χ0v) is 15.2. The summed E-state index contributed by atoms with van der Waals surface area (Å²) >= 11 is 0. The summed E-state index contributed by atoms with van der Waals surface area (Å²) in [5, 5.41) is 15.2. The summed E-state index contributed by atoms with van der Waals surface area (Å²) in [4.78, 5) is 24.6. The summed E-state index contributed by atoms with van der Waals surface area (Å²) in [6.07, 6.45) is 3.35. The molecule has 0 unspecified atom stereocenters. The van der Waals surface area contributed by atoms with Crippen LogP contribution in [0.5, 0.6) is 0 Å². The molecule has 5 rings (SSSR count). The van der Waals surface area contributed by atoms with Crippen molar-refractivity contribution in [3.8, 4) is 11.3 Å². The number of aromatic nitrogens is 4. The minimum atomic E-state index is -0.230. The Morgan fingerprint density at radius 1 is 0.931 bits per heavy atom. The molecule has 3 aromatic heterocycles. The molecule has 140 valence electrons. The van der Waals surface area contributed by atoms with E-state index in [1.54, 1.807) is 35.1 Å². The first-order valence-electron chi connectivity index (χ1n) is 9.02. The number of hydrogen-bond acceptors (Lipinski definition) is 4. The fourth-order valence-electron chi connectivity index (χ4n) is 3.35. The number of nitrogens with zero attached hydrogens (tertiary/aromatic N) is 3. The third kappa shape index (κ3) is 2.94. The minimum Gasteiger partial charge on any atom is -0.322 e. The highest BCUT2D eigenvalue weighted by atomic mass is 16.1. The van der Waals surface area contributed by atoms with Crippen LogP contribution in [0.25, 0.3) is 27.5 Å². The van der Waals surface area contributed by atoms with Crippen molar-refractivity contribution in [3.63, 3.8) is 0 Å². The number of benzene rings is 2. The van der Waals surface area contributed by atoms with Gasteiger partial charge in [-0.1, -0.05) is 36.4 Å². The van der Waals surface area contributed by atoms with Gasteiger partial charge in [-0.2, -0.15) is 10.2 Å². The normalized spacial score (nSPS) is 11.0. The zero-order chi connectivity index (χ0) is 19.8. The number of rotatable bonds is 3. The summed E-state index contributed by atoms with van der Waals surface area (Å²) in [6.45, 7) is 0. The monoisotopic (exact) mass is 381 g/mol. The highest BCUT2D eigenvalue weighted by Crippen LogP contribution is 2.25. The Balaban J connectivity index is 1.45.